The first-order valence-electron chi connectivity index (χ1n) is 5.82. The lowest BCUT2D eigenvalue weighted by molar-refractivity contribution is -0.0229. The molecule has 2 heterocycles. The first kappa shape index (κ1) is 13.8. The Labute approximate surface area is 109 Å². The summed E-state index contributed by atoms with van der Waals surface area (Å²) in [5, 5.41) is 28.7. The molecule has 0 saturated carbocycles. The van der Waals surface area contributed by atoms with Crippen molar-refractivity contribution in [3.63, 3.8) is 0 Å². The summed E-state index contributed by atoms with van der Waals surface area (Å²) in [7, 11) is 0. The molecule has 0 aliphatic carbocycles. The number of ether oxygens (including phenoxy) is 1. The van der Waals surface area contributed by atoms with Crippen LogP contribution in [0.4, 0.5) is 0 Å². The van der Waals surface area contributed by atoms with Gasteiger partial charge >= 0.3 is 0 Å². The number of terminal acetylenes is 1. The molecule has 1 aromatic heterocycles. The number of pyridine rings is 1. The number of hydrogen-bond acceptors (Lipinski definition) is 5. The maximum Gasteiger partial charge on any atom is 0.251 e. The van der Waals surface area contributed by atoms with E-state index in [1.165, 1.54) is 6.07 Å². The Morgan fingerprint density at radius 3 is 2.68 bits per heavy atom. The van der Waals surface area contributed by atoms with Crippen LogP contribution in [0.1, 0.15) is 22.9 Å². The first-order chi connectivity index (χ1) is 8.99. The highest BCUT2D eigenvalue weighted by Gasteiger charge is 2.43. The van der Waals surface area contributed by atoms with Crippen LogP contribution in [0, 0.1) is 19.3 Å². The standard InChI is InChI=1S/C13H15NO5/c1-3-8-7(4-6(2)13(18)14-8)12-11(17)10(16)9(5-15)19-12/h1,4,9-12,15-17H,5H2,2H3,(H,14,18)/t9-,10?,11+,12+/m1/s1. The molecule has 4 atom stereocenters. The third kappa shape index (κ3) is 2.29. The lowest BCUT2D eigenvalue weighted by Gasteiger charge is -2.17. The second-order valence-corrected chi connectivity index (χ2v) is 4.52. The molecule has 1 fully saturated rings. The van der Waals surface area contributed by atoms with Gasteiger partial charge in [-0.15, -0.1) is 6.42 Å². The summed E-state index contributed by atoms with van der Waals surface area (Å²) in [6.45, 7) is 1.19. The molecule has 1 unspecified atom stereocenters. The molecule has 1 saturated heterocycles. The summed E-state index contributed by atoms with van der Waals surface area (Å²) in [4.78, 5) is 14.0. The topological polar surface area (TPSA) is 103 Å². The lowest BCUT2D eigenvalue weighted by Crippen LogP contribution is -2.32. The van der Waals surface area contributed by atoms with Crippen molar-refractivity contribution in [2.24, 2.45) is 0 Å². The maximum atomic E-state index is 11.5. The molecule has 6 heteroatoms. The SMILES string of the molecule is C#Cc1[nH]c(=O)c(C)cc1[C@@H]1O[C@H](CO)C(O)[C@@H]1O. The molecular weight excluding hydrogens is 250 g/mol. The van der Waals surface area contributed by atoms with Crippen LogP contribution in [0.3, 0.4) is 0 Å². The Morgan fingerprint density at radius 1 is 1.47 bits per heavy atom. The molecule has 0 radical (unpaired) electrons. The molecule has 1 aliphatic heterocycles. The number of aryl methyl sites for hydroxylation is 1. The smallest absolute Gasteiger partial charge is 0.251 e. The van der Waals surface area contributed by atoms with Gasteiger partial charge in [0.25, 0.3) is 5.56 Å². The second kappa shape index (κ2) is 5.15. The van der Waals surface area contributed by atoms with E-state index in [0.29, 0.717) is 11.1 Å². The van der Waals surface area contributed by atoms with E-state index in [0.717, 1.165) is 0 Å². The fourth-order valence-electron chi connectivity index (χ4n) is 2.16. The average Bonchev–Trinajstić information content (AvgIpc) is 2.69. The van der Waals surface area contributed by atoms with E-state index in [9.17, 15) is 15.0 Å². The van der Waals surface area contributed by atoms with Gasteiger partial charge in [-0.1, -0.05) is 5.92 Å². The minimum atomic E-state index is -1.21. The van der Waals surface area contributed by atoms with E-state index in [4.69, 9.17) is 16.3 Å². The molecule has 0 aromatic carbocycles. The van der Waals surface area contributed by atoms with Gasteiger partial charge in [0.1, 0.15) is 24.4 Å². The van der Waals surface area contributed by atoms with Crippen molar-refractivity contribution in [2.75, 3.05) is 6.61 Å². The van der Waals surface area contributed by atoms with E-state index in [2.05, 4.69) is 10.9 Å². The van der Waals surface area contributed by atoms with E-state index >= 15 is 0 Å². The molecule has 1 aliphatic rings. The molecule has 0 bridgehead atoms. The predicted octanol–water partition coefficient (Wildman–Crippen LogP) is -1.18. The minimum Gasteiger partial charge on any atom is -0.394 e. The fraction of sp³-hybridized carbons (Fsp3) is 0.462. The summed E-state index contributed by atoms with van der Waals surface area (Å²) in [5.74, 6) is 2.32. The number of H-pyrrole nitrogens is 1. The number of aliphatic hydroxyl groups excluding tert-OH is 3. The maximum absolute atomic E-state index is 11.5. The fourth-order valence-corrected chi connectivity index (χ4v) is 2.16. The second-order valence-electron chi connectivity index (χ2n) is 4.52. The summed E-state index contributed by atoms with van der Waals surface area (Å²) >= 11 is 0. The largest absolute Gasteiger partial charge is 0.394 e. The molecule has 6 nitrogen and oxygen atoms in total. The zero-order valence-corrected chi connectivity index (χ0v) is 10.3. The highest BCUT2D eigenvalue weighted by atomic mass is 16.6. The van der Waals surface area contributed by atoms with Gasteiger partial charge in [0.2, 0.25) is 0 Å². The van der Waals surface area contributed by atoms with E-state index < -0.39 is 31.0 Å². The molecule has 0 spiro atoms. The average molecular weight is 265 g/mol. The van der Waals surface area contributed by atoms with E-state index in [1.54, 1.807) is 6.92 Å². The van der Waals surface area contributed by atoms with Crippen LogP contribution in [-0.4, -0.2) is 45.2 Å². The van der Waals surface area contributed by atoms with Gasteiger partial charge in [-0.25, -0.2) is 0 Å². The predicted molar refractivity (Wildman–Crippen MR) is 66.4 cm³/mol. The number of hydrogen-bond donors (Lipinski definition) is 4. The normalized spacial score (nSPS) is 30.3. The van der Waals surface area contributed by atoms with E-state index in [-0.39, 0.29) is 11.3 Å². The molecule has 2 rings (SSSR count). The molecule has 102 valence electrons. The van der Waals surface area contributed by atoms with Crippen LogP contribution in [0.15, 0.2) is 10.9 Å². The molecule has 4 N–H and O–H groups in total. The van der Waals surface area contributed by atoms with Crippen molar-refractivity contribution in [3.8, 4) is 12.3 Å². The summed E-state index contributed by atoms with van der Waals surface area (Å²) < 4.78 is 5.39. The van der Waals surface area contributed by atoms with Crippen LogP contribution < -0.4 is 5.56 Å². The Hall–Kier alpha value is -1.65. The summed E-state index contributed by atoms with van der Waals surface area (Å²) in [6, 6.07) is 1.52. The lowest BCUT2D eigenvalue weighted by atomic mass is 9.99. The number of rotatable bonds is 2. The van der Waals surface area contributed by atoms with Crippen LogP contribution in [-0.2, 0) is 4.74 Å². The zero-order chi connectivity index (χ0) is 14.2. The van der Waals surface area contributed by atoms with E-state index in [1.807, 2.05) is 0 Å². The van der Waals surface area contributed by atoms with Crippen molar-refractivity contribution in [3.05, 3.63) is 33.2 Å². The van der Waals surface area contributed by atoms with Crippen LogP contribution in [0.25, 0.3) is 0 Å². The number of aliphatic hydroxyl groups is 3. The van der Waals surface area contributed by atoms with Gasteiger partial charge in [-0.3, -0.25) is 4.79 Å². The summed E-state index contributed by atoms with van der Waals surface area (Å²) in [5.41, 5.74) is 0.725. The Kier molecular flexibility index (Phi) is 3.73. The van der Waals surface area contributed by atoms with Crippen LogP contribution >= 0.6 is 0 Å². The van der Waals surface area contributed by atoms with Crippen molar-refractivity contribution >= 4 is 0 Å². The molecule has 1 aromatic rings. The van der Waals surface area contributed by atoms with Gasteiger partial charge in [-0.2, -0.15) is 0 Å². The Balaban J connectivity index is 2.46. The number of nitrogens with one attached hydrogen (secondary N) is 1. The minimum absolute atomic E-state index is 0.199. The first-order valence-corrected chi connectivity index (χ1v) is 5.82. The van der Waals surface area contributed by atoms with Gasteiger partial charge in [0, 0.05) is 11.1 Å². The highest BCUT2D eigenvalue weighted by Crippen LogP contribution is 2.34. The van der Waals surface area contributed by atoms with Crippen LogP contribution in [0.5, 0.6) is 0 Å². The highest BCUT2D eigenvalue weighted by molar-refractivity contribution is 5.38. The molecule has 0 amide bonds. The molecular formula is C13H15NO5. The quantitative estimate of drug-likeness (QED) is 0.504. The van der Waals surface area contributed by atoms with Gasteiger partial charge in [0.05, 0.1) is 12.3 Å². The van der Waals surface area contributed by atoms with Crippen molar-refractivity contribution in [1.82, 2.24) is 4.98 Å². The van der Waals surface area contributed by atoms with Crippen molar-refractivity contribution in [2.45, 2.75) is 31.3 Å². The van der Waals surface area contributed by atoms with Gasteiger partial charge in [0.15, 0.2) is 0 Å². The molecule has 19 heavy (non-hydrogen) atoms. The van der Waals surface area contributed by atoms with Crippen LogP contribution in [0.2, 0.25) is 0 Å². The number of aromatic amines is 1. The van der Waals surface area contributed by atoms with Crippen molar-refractivity contribution < 1.29 is 20.1 Å². The monoisotopic (exact) mass is 265 g/mol. The van der Waals surface area contributed by atoms with Gasteiger partial charge in [-0.05, 0) is 13.0 Å². The Bertz CT molecular complexity index is 573. The third-order valence-electron chi connectivity index (χ3n) is 3.25. The van der Waals surface area contributed by atoms with Gasteiger partial charge < -0.3 is 25.0 Å². The summed E-state index contributed by atoms with van der Waals surface area (Å²) in [6.07, 6.45) is 1.14. The third-order valence-corrected chi connectivity index (χ3v) is 3.25. The van der Waals surface area contributed by atoms with Crippen molar-refractivity contribution in [1.29, 1.82) is 0 Å². The number of aromatic nitrogens is 1. The Morgan fingerprint density at radius 2 is 2.16 bits per heavy atom. The zero-order valence-electron chi connectivity index (χ0n) is 10.3.